The summed E-state index contributed by atoms with van der Waals surface area (Å²) in [4.78, 5) is 4.61. The van der Waals surface area contributed by atoms with E-state index in [1.807, 2.05) is 36.4 Å². The Kier molecular flexibility index (Phi) is 4.15. The summed E-state index contributed by atoms with van der Waals surface area (Å²) in [7, 11) is 1.70. The van der Waals surface area contributed by atoms with Gasteiger partial charge in [-0.2, -0.15) is 5.26 Å². The van der Waals surface area contributed by atoms with Crippen molar-refractivity contribution in [3.8, 4) is 23.3 Å². The average molecular weight is 332 g/mol. The highest BCUT2D eigenvalue weighted by molar-refractivity contribution is 5.78. The van der Waals surface area contributed by atoms with Crippen LogP contribution < -0.4 is 4.74 Å². The molecule has 1 fully saturated rings. The van der Waals surface area contributed by atoms with Gasteiger partial charge in [0.25, 0.3) is 0 Å². The van der Waals surface area contributed by atoms with E-state index < -0.39 is 0 Å². The van der Waals surface area contributed by atoms with Crippen molar-refractivity contribution in [1.82, 2.24) is 4.98 Å². The molecule has 4 nitrogen and oxygen atoms in total. The Morgan fingerprint density at radius 1 is 1.08 bits per heavy atom. The van der Waals surface area contributed by atoms with Crippen LogP contribution in [0.5, 0.6) is 5.75 Å². The highest BCUT2D eigenvalue weighted by Gasteiger charge is 2.26. The summed E-state index contributed by atoms with van der Waals surface area (Å²) in [6.45, 7) is 0. The maximum atomic E-state index is 9.12. The van der Waals surface area contributed by atoms with Crippen LogP contribution in [-0.2, 0) is 0 Å². The van der Waals surface area contributed by atoms with Crippen molar-refractivity contribution >= 4 is 11.1 Å². The van der Waals surface area contributed by atoms with Crippen LogP contribution in [0, 0.1) is 17.2 Å². The Morgan fingerprint density at radius 3 is 2.60 bits per heavy atom. The van der Waals surface area contributed by atoms with E-state index in [-0.39, 0.29) is 5.92 Å². The number of nitriles is 1. The fraction of sp³-hybridized carbons (Fsp3) is 0.333. The van der Waals surface area contributed by atoms with Crippen LogP contribution in [0.3, 0.4) is 0 Å². The van der Waals surface area contributed by atoms with Gasteiger partial charge in [0.15, 0.2) is 5.58 Å². The number of oxazole rings is 1. The standard InChI is InChI=1S/C21H20N2O2/c1-24-20-16(15-11-9-14(13-22)10-12-15)5-4-6-17(20)21-23-18-7-2-3-8-19(18)25-21/h2-8,14-15H,9-12H2,1H3. The minimum atomic E-state index is 0.197. The van der Waals surface area contributed by atoms with Gasteiger partial charge in [0.1, 0.15) is 11.3 Å². The van der Waals surface area contributed by atoms with Gasteiger partial charge in [0, 0.05) is 5.92 Å². The van der Waals surface area contributed by atoms with Gasteiger partial charge in [-0.3, -0.25) is 0 Å². The lowest BCUT2D eigenvalue weighted by Crippen LogP contribution is -2.13. The van der Waals surface area contributed by atoms with Gasteiger partial charge in [0.05, 0.1) is 18.7 Å². The molecule has 0 unspecified atom stereocenters. The van der Waals surface area contributed by atoms with E-state index in [2.05, 4.69) is 17.1 Å². The number of benzene rings is 2. The summed E-state index contributed by atoms with van der Waals surface area (Å²) in [5.74, 6) is 2.05. The predicted molar refractivity (Wildman–Crippen MR) is 96.3 cm³/mol. The summed E-state index contributed by atoms with van der Waals surface area (Å²) in [6.07, 6.45) is 3.95. The molecule has 1 aromatic heterocycles. The molecule has 2 aromatic carbocycles. The second kappa shape index (κ2) is 6.60. The highest BCUT2D eigenvalue weighted by atomic mass is 16.5. The predicted octanol–water partition coefficient (Wildman–Crippen LogP) is 5.30. The molecule has 1 saturated carbocycles. The number of fused-ring (bicyclic) bond motifs is 1. The highest BCUT2D eigenvalue weighted by Crippen LogP contribution is 2.43. The number of nitrogens with zero attached hydrogens (tertiary/aromatic N) is 2. The molecule has 0 N–H and O–H groups in total. The third kappa shape index (κ3) is 2.87. The van der Waals surface area contributed by atoms with Crippen LogP contribution >= 0.6 is 0 Å². The minimum absolute atomic E-state index is 0.197. The Labute approximate surface area is 147 Å². The first-order valence-electron chi connectivity index (χ1n) is 8.72. The topological polar surface area (TPSA) is 59.1 Å². The van der Waals surface area contributed by atoms with E-state index in [0.29, 0.717) is 11.8 Å². The maximum Gasteiger partial charge on any atom is 0.231 e. The molecule has 4 rings (SSSR count). The number of methoxy groups -OCH3 is 1. The zero-order valence-electron chi connectivity index (χ0n) is 14.2. The van der Waals surface area contributed by atoms with Crippen LogP contribution in [0.15, 0.2) is 46.9 Å². The fourth-order valence-electron chi connectivity index (χ4n) is 3.79. The second-order valence-electron chi connectivity index (χ2n) is 6.59. The van der Waals surface area contributed by atoms with Crippen molar-refractivity contribution in [3.63, 3.8) is 0 Å². The summed E-state index contributed by atoms with van der Waals surface area (Å²) < 4.78 is 11.7. The van der Waals surface area contributed by atoms with E-state index in [1.165, 1.54) is 5.56 Å². The van der Waals surface area contributed by atoms with Gasteiger partial charge in [-0.1, -0.05) is 24.3 Å². The van der Waals surface area contributed by atoms with Crippen LogP contribution in [0.2, 0.25) is 0 Å². The minimum Gasteiger partial charge on any atom is -0.496 e. The maximum absolute atomic E-state index is 9.12. The molecule has 3 aromatic rings. The molecule has 1 heterocycles. The Balaban J connectivity index is 1.73. The first-order valence-corrected chi connectivity index (χ1v) is 8.72. The van der Waals surface area contributed by atoms with Gasteiger partial charge in [-0.25, -0.2) is 4.98 Å². The Hall–Kier alpha value is -2.80. The van der Waals surface area contributed by atoms with Crippen LogP contribution in [-0.4, -0.2) is 12.1 Å². The molecular weight excluding hydrogens is 312 g/mol. The lowest BCUT2D eigenvalue weighted by atomic mass is 9.78. The first-order chi connectivity index (χ1) is 12.3. The third-order valence-electron chi connectivity index (χ3n) is 5.12. The summed E-state index contributed by atoms with van der Waals surface area (Å²) in [6, 6.07) is 16.3. The van der Waals surface area contributed by atoms with E-state index >= 15 is 0 Å². The normalized spacial score (nSPS) is 20.3. The number of para-hydroxylation sites is 3. The molecule has 0 saturated heterocycles. The lowest BCUT2D eigenvalue weighted by molar-refractivity contribution is 0.361. The zero-order valence-corrected chi connectivity index (χ0v) is 14.2. The Morgan fingerprint density at radius 2 is 1.88 bits per heavy atom. The molecule has 0 atom stereocenters. The van der Waals surface area contributed by atoms with E-state index in [0.717, 1.165) is 48.1 Å². The van der Waals surface area contributed by atoms with Gasteiger partial charge in [-0.15, -0.1) is 0 Å². The molecule has 0 aliphatic heterocycles. The molecule has 0 amide bonds. The van der Waals surface area contributed by atoms with Gasteiger partial charge < -0.3 is 9.15 Å². The monoisotopic (exact) mass is 332 g/mol. The largest absolute Gasteiger partial charge is 0.496 e. The van der Waals surface area contributed by atoms with Gasteiger partial charge in [0.2, 0.25) is 5.89 Å². The number of ether oxygens (including phenoxy) is 1. The zero-order chi connectivity index (χ0) is 17.2. The van der Waals surface area contributed by atoms with E-state index in [9.17, 15) is 0 Å². The number of rotatable bonds is 3. The van der Waals surface area contributed by atoms with Crippen molar-refractivity contribution < 1.29 is 9.15 Å². The van der Waals surface area contributed by atoms with E-state index in [4.69, 9.17) is 14.4 Å². The van der Waals surface area contributed by atoms with Crippen molar-refractivity contribution in [3.05, 3.63) is 48.0 Å². The van der Waals surface area contributed by atoms with Crippen molar-refractivity contribution in [2.45, 2.75) is 31.6 Å². The molecule has 0 spiro atoms. The van der Waals surface area contributed by atoms with E-state index in [1.54, 1.807) is 7.11 Å². The molecule has 0 radical (unpaired) electrons. The van der Waals surface area contributed by atoms with Crippen LogP contribution in [0.1, 0.15) is 37.2 Å². The molecular formula is C21H20N2O2. The molecule has 1 aliphatic rings. The van der Waals surface area contributed by atoms with Crippen molar-refractivity contribution in [2.75, 3.05) is 7.11 Å². The van der Waals surface area contributed by atoms with Crippen LogP contribution in [0.25, 0.3) is 22.6 Å². The molecule has 0 bridgehead atoms. The smallest absolute Gasteiger partial charge is 0.231 e. The first kappa shape index (κ1) is 15.7. The Bertz CT molecular complexity index is 897. The third-order valence-corrected chi connectivity index (χ3v) is 5.12. The molecule has 1 aliphatic carbocycles. The quantitative estimate of drug-likeness (QED) is 0.653. The fourth-order valence-corrected chi connectivity index (χ4v) is 3.79. The summed E-state index contributed by atoms with van der Waals surface area (Å²) in [5.41, 5.74) is 3.70. The van der Waals surface area contributed by atoms with Crippen LogP contribution in [0.4, 0.5) is 0 Å². The number of hydrogen-bond acceptors (Lipinski definition) is 4. The SMILES string of the molecule is COc1c(-c2nc3ccccc3o2)cccc1C1CCC(C#N)CC1. The van der Waals surface area contributed by atoms with Gasteiger partial charge in [-0.05, 0) is 55.4 Å². The molecule has 25 heavy (non-hydrogen) atoms. The summed E-state index contributed by atoms with van der Waals surface area (Å²) in [5, 5.41) is 9.12. The molecule has 126 valence electrons. The second-order valence-corrected chi connectivity index (χ2v) is 6.59. The van der Waals surface area contributed by atoms with Crippen molar-refractivity contribution in [1.29, 1.82) is 5.26 Å². The number of hydrogen-bond donors (Lipinski definition) is 0. The average Bonchev–Trinajstić information content (AvgIpc) is 3.11. The van der Waals surface area contributed by atoms with Crippen molar-refractivity contribution in [2.24, 2.45) is 5.92 Å². The lowest BCUT2D eigenvalue weighted by Gasteiger charge is -2.26. The van der Waals surface area contributed by atoms with Gasteiger partial charge >= 0.3 is 0 Å². The number of aromatic nitrogens is 1. The molecule has 4 heteroatoms. The summed E-state index contributed by atoms with van der Waals surface area (Å²) >= 11 is 0.